The Balaban J connectivity index is 1.62. The number of anilines is 1. The summed E-state index contributed by atoms with van der Waals surface area (Å²) in [6, 6.07) is 6.10. The predicted octanol–water partition coefficient (Wildman–Crippen LogP) is 3.27. The van der Waals surface area contributed by atoms with E-state index in [4.69, 9.17) is 4.74 Å². The fraction of sp³-hybridized carbons (Fsp3) is 0.545. The van der Waals surface area contributed by atoms with Gasteiger partial charge in [0.2, 0.25) is 0 Å². The van der Waals surface area contributed by atoms with E-state index in [2.05, 4.69) is 4.90 Å². The van der Waals surface area contributed by atoms with Gasteiger partial charge in [0.25, 0.3) is 15.6 Å². The first-order chi connectivity index (χ1) is 17.2. The molecule has 0 amide bonds. The Kier molecular flexibility index (Phi) is 7.85. The Bertz CT molecular complexity index is 1140. The van der Waals surface area contributed by atoms with Gasteiger partial charge in [-0.1, -0.05) is 18.2 Å². The molecule has 2 aliphatic heterocycles. The van der Waals surface area contributed by atoms with E-state index in [1.54, 1.807) is 16.3 Å². The normalized spacial score (nSPS) is 21.4. The van der Waals surface area contributed by atoms with Gasteiger partial charge in [0.05, 0.1) is 19.3 Å². The zero-order valence-electron chi connectivity index (χ0n) is 19.4. The molecule has 4 rings (SSSR count). The summed E-state index contributed by atoms with van der Waals surface area (Å²) in [6.07, 6.45) is -12.0. The molecule has 37 heavy (non-hydrogen) atoms. The SMILES string of the molecule is O=S(=O)(c1cccs1)N1CCN(c2ccc(C(O)(C(F)(F)F)C(F)(F)F)cc2)[C@@H](CN2CCOCC2)C1. The largest absolute Gasteiger partial charge is 0.430 e. The highest BCUT2D eigenvalue weighted by Gasteiger charge is 2.71. The number of benzene rings is 1. The van der Waals surface area contributed by atoms with Gasteiger partial charge in [-0.15, -0.1) is 11.3 Å². The van der Waals surface area contributed by atoms with Crippen LogP contribution in [-0.4, -0.2) is 93.6 Å². The molecule has 0 saturated carbocycles. The smallest absolute Gasteiger partial charge is 0.379 e. The Morgan fingerprint density at radius 3 is 2.11 bits per heavy atom. The van der Waals surface area contributed by atoms with Crippen LogP contribution in [0.15, 0.2) is 46.0 Å². The molecule has 1 atom stereocenters. The molecule has 2 aromatic rings. The van der Waals surface area contributed by atoms with Crippen LogP contribution >= 0.6 is 11.3 Å². The maximum absolute atomic E-state index is 13.3. The van der Waals surface area contributed by atoms with Crippen molar-refractivity contribution in [1.82, 2.24) is 9.21 Å². The number of halogens is 6. The topological polar surface area (TPSA) is 73.3 Å². The first-order valence-electron chi connectivity index (χ1n) is 11.3. The summed E-state index contributed by atoms with van der Waals surface area (Å²) in [5, 5.41) is 11.3. The van der Waals surface area contributed by atoms with E-state index >= 15 is 0 Å². The van der Waals surface area contributed by atoms with Gasteiger partial charge in [0.1, 0.15) is 4.21 Å². The number of morpholine rings is 1. The van der Waals surface area contributed by atoms with E-state index in [0.717, 1.165) is 23.5 Å². The molecule has 1 aromatic carbocycles. The van der Waals surface area contributed by atoms with E-state index in [9.17, 15) is 39.9 Å². The lowest BCUT2D eigenvalue weighted by atomic mass is 9.92. The van der Waals surface area contributed by atoms with Gasteiger partial charge >= 0.3 is 12.4 Å². The molecule has 2 aliphatic rings. The molecule has 0 spiro atoms. The molecule has 0 aliphatic carbocycles. The average Bonchev–Trinajstić information content (AvgIpc) is 3.39. The second-order valence-electron chi connectivity index (χ2n) is 8.81. The highest BCUT2D eigenvalue weighted by atomic mass is 32.2. The highest BCUT2D eigenvalue weighted by molar-refractivity contribution is 7.91. The number of aliphatic hydroxyl groups is 1. The number of thiophene rings is 1. The van der Waals surface area contributed by atoms with Crippen molar-refractivity contribution in [1.29, 1.82) is 0 Å². The van der Waals surface area contributed by atoms with Crippen molar-refractivity contribution in [3.63, 3.8) is 0 Å². The van der Waals surface area contributed by atoms with Crippen LogP contribution in [0.1, 0.15) is 5.56 Å². The van der Waals surface area contributed by atoms with E-state index in [1.807, 2.05) is 0 Å². The number of ether oxygens (including phenoxy) is 1. The quantitative estimate of drug-likeness (QED) is 0.535. The molecule has 2 saturated heterocycles. The minimum absolute atomic E-state index is 0.0778. The molecular formula is C22H25F6N3O4S2. The molecule has 1 aromatic heterocycles. The number of alkyl halides is 6. The number of sulfonamides is 1. The van der Waals surface area contributed by atoms with Gasteiger partial charge in [-0.05, 0) is 23.6 Å². The molecule has 0 bridgehead atoms. The van der Waals surface area contributed by atoms with Crippen molar-refractivity contribution in [3.05, 3.63) is 47.3 Å². The molecular weight excluding hydrogens is 548 g/mol. The van der Waals surface area contributed by atoms with E-state index < -0.39 is 39.6 Å². The molecule has 15 heteroatoms. The third-order valence-corrected chi connectivity index (χ3v) is 9.78. The van der Waals surface area contributed by atoms with Crippen LogP contribution in [0.4, 0.5) is 32.0 Å². The standard InChI is InChI=1S/C22H25F6N3O4S2/c23-21(24,25)20(32,22(26,27)28)16-3-5-17(6-4-16)31-8-7-30(37(33,34)19-2-1-13-36-19)15-18(31)14-29-9-11-35-12-10-29/h1-6,13,18,32H,7-12,14-15H2/t18-/m0/s1. The molecule has 206 valence electrons. The lowest BCUT2D eigenvalue weighted by Gasteiger charge is -2.44. The number of nitrogens with zero attached hydrogens (tertiary/aromatic N) is 3. The first kappa shape index (κ1) is 28.1. The number of hydrogen-bond donors (Lipinski definition) is 1. The van der Waals surface area contributed by atoms with E-state index in [0.29, 0.717) is 50.7 Å². The lowest BCUT2D eigenvalue weighted by Crippen LogP contribution is -2.59. The Hall–Kier alpha value is -1.91. The third kappa shape index (κ3) is 5.47. The lowest BCUT2D eigenvalue weighted by molar-refractivity contribution is -0.376. The minimum atomic E-state index is -5.98. The summed E-state index contributed by atoms with van der Waals surface area (Å²) in [4.78, 5) is 3.85. The van der Waals surface area contributed by atoms with Crippen molar-refractivity contribution in [2.45, 2.75) is 28.2 Å². The van der Waals surface area contributed by atoms with Crippen molar-refractivity contribution >= 4 is 27.0 Å². The molecule has 7 nitrogen and oxygen atoms in total. The Morgan fingerprint density at radius 2 is 1.57 bits per heavy atom. The van der Waals surface area contributed by atoms with Crippen LogP contribution in [0.2, 0.25) is 0 Å². The fourth-order valence-electron chi connectivity index (χ4n) is 4.54. The Morgan fingerprint density at radius 1 is 0.946 bits per heavy atom. The molecule has 0 unspecified atom stereocenters. The monoisotopic (exact) mass is 573 g/mol. The minimum Gasteiger partial charge on any atom is -0.379 e. The van der Waals surface area contributed by atoms with Crippen LogP contribution in [-0.2, 0) is 20.4 Å². The van der Waals surface area contributed by atoms with Crippen molar-refractivity contribution in [2.24, 2.45) is 0 Å². The molecule has 1 N–H and O–H groups in total. The van der Waals surface area contributed by atoms with Gasteiger partial charge in [-0.3, -0.25) is 4.90 Å². The molecule has 3 heterocycles. The van der Waals surface area contributed by atoms with Crippen LogP contribution < -0.4 is 4.90 Å². The predicted molar refractivity (Wildman–Crippen MR) is 124 cm³/mol. The number of piperazine rings is 1. The van der Waals surface area contributed by atoms with Gasteiger partial charge in [0.15, 0.2) is 0 Å². The fourth-order valence-corrected chi connectivity index (χ4v) is 7.16. The molecule has 0 radical (unpaired) electrons. The van der Waals surface area contributed by atoms with Gasteiger partial charge < -0.3 is 14.7 Å². The number of hydrogen-bond acceptors (Lipinski definition) is 7. The maximum Gasteiger partial charge on any atom is 0.430 e. The van der Waals surface area contributed by atoms with Crippen molar-refractivity contribution in [3.8, 4) is 0 Å². The van der Waals surface area contributed by atoms with Crippen LogP contribution in [0.3, 0.4) is 0 Å². The van der Waals surface area contributed by atoms with E-state index in [1.165, 1.54) is 10.4 Å². The summed E-state index contributed by atoms with van der Waals surface area (Å²) in [7, 11) is -3.76. The second kappa shape index (κ2) is 10.3. The summed E-state index contributed by atoms with van der Waals surface area (Å²) in [6.45, 7) is 2.93. The van der Waals surface area contributed by atoms with Crippen LogP contribution in [0.5, 0.6) is 0 Å². The maximum atomic E-state index is 13.3. The van der Waals surface area contributed by atoms with Crippen LogP contribution in [0.25, 0.3) is 0 Å². The summed E-state index contributed by atoms with van der Waals surface area (Å²) in [5.74, 6) is 0. The Labute approximate surface area is 213 Å². The average molecular weight is 574 g/mol. The summed E-state index contributed by atoms with van der Waals surface area (Å²) >= 11 is 1.09. The zero-order valence-corrected chi connectivity index (χ0v) is 21.0. The second-order valence-corrected chi connectivity index (χ2v) is 11.9. The molecule has 2 fully saturated rings. The third-order valence-electron chi connectivity index (χ3n) is 6.54. The van der Waals surface area contributed by atoms with Crippen molar-refractivity contribution < 1.29 is 44.6 Å². The van der Waals surface area contributed by atoms with Crippen LogP contribution in [0, 0.1) is 0 Å². The van der Waals surface area contributed by atoms with Gasteiger partial charge in [-0.25, -0.2) is 8.42 Å². The summed E-state index contributed by atoms with van der Waals surface area (Å²) < 4.78 is 113. The van der Waals surface area contributed by atoms with E-state index in [-0.39, 0.29) is 23.8 Å². The number of rotatable bonds is 6. The highest BCUT2D eigenvalue weighted by Crippen LogP contribution is 2.50. The van der Waals surface area contributed by atoms with Gasteiger partial charge in [0, 0.05) is 50.5 Å². The first-order valence-corrected chi connectivity index (χ1v) is 13.6. The zero-order chi connectivity index (χ0) is 27.1. The summed E-state index contributed by atoms with van der Waals surface area (Å²) in [5.41, 5.74) is -6.04. The van der Waals surface area contributed by atoms with Gasteiger partial charge in [-0.2, -0.15) is 30.6 Å². The van der Waals surface area contributed by atoms with Crippen molar-refractivity contribution in [2.75, 3.05) is 57.4 Å².